The van der Waals surface area contributed by atoms with Gasteiger partial charge in [0.05, 0.1) is 23.3 Å². The highest BCUT2D eigenvalue weighted by Gasteiger charge is 2.34. The number of nitrogens with zero attached hydrogens (tertiary/aromatic N) is 6. The number of aliphatic hydroxyl groups is 1. The van der Waals surface area contributed by atoms with E-state index in [1.807, 2.05) is 13.0 Å². The third-order valence-electron chi connectivity index (χ3n) is 8.13. The fourth-order valence-corrected chi connectivity index (χ4v) is 5.96. The molecule has 38 heavy (non-hydrogen) atoms. The van der Waals surface area contributed by atoms with Gasteiger partial charge in [-0.1, -0.05) is 6.92 Å². The zero-order valence-electron chi connectivity index (χ0n) is 21.8. The van der Waals surface area contributed by atoms with Gasteiger partial charge in [-0.15, -0.1) is 0 Å². The van der Waals surface area contributed by atoms with Crippen LogP contribution in [0, 0.1) is 5.82 Å². The van der Waals surface area contributed by atoms with Gasteiger partial charge in [-0.25, -0.2) is 14.4 Å². The van der Waals surface area contributed by atoms with E-state index in [-0.39, 0.29) is 17.7 Å². The Morgan fingerprint density at radius 1 is 1.11 bits per heavy atom. The van der Waals surface area contributed by atoms with E-state index in [0.717, 1.165) is 73.3 Å². The molecular formula is C28H35FN8O. The zero-order valence-corrected chi connectivity index (χ0v) is 21.8. The molecule has 3 aliphatic heterocycles. The van der Waals surface area contributed by atoms with Crippen molar-refractivity contribution >= 4 is 17.3 Å². The van der Waals surface area contributed by atoms with Crippen LogP contribution in [-0.4, -0.2) is 75.4 Å². The minimum absolute atomic E-state index is 0.0661. The van der Waals surface area contributed by atoms with E-state index in [2.05, 4.69) is 41.5 Å². The summed E-state index contributed by atoms with van der Waals surface area (Å²) in [6.07, 6.45) is 8.21. The molecule has 10 heteroatoms. The minimum atomic E-state index is -0.642. The molecule has 0 aromatic carbocycles. The van der Waals surface area contributed by atoms with E-state index < -0.39 is 6.23 Å². The van der Waals surface area contributed by atoms with Crippen molar-refractivity contribution in [2.45, 2.75) is 50.7 Å². The van der Waals surface area contributed by atoms with Gasteiger partial charge in [-0.3, -0.25) is 9.97 Å². The lowest BCUT2D eigenvalue weighted by Crippen LogP contribution is -2.35. The molecule has 0 saturated carbocycles. The summed E-state index contributed by atoms with van der Waals surface area (Å²) < 4.78 is 13.9. The molecule has 3 N–H and O–H groups in total. The van der Waals surface area contributed by atoms with E-state index >= 15 is 0 Å². The number of halogens is 1. The highest BCUT2D eigenvalue weighted by molar-refractivity contribution is 5.65. The number of fused-ring (bicyclic) bond motifs is 1. The Hall–Kier alpha value is -3.37. The van der Waals surface area contributed by atoms with Crippen LogP contribution in [0.15, 0.2) is 36.9 Å². The highest BCUT2D eigenvalue weighted by atomic mass is 19.1. The van der Waals surface area contributed by atoms with Gasteiger partial charge in [-0.2, -0.15) is 0 Å². The predicted molar refractivity (Wildman–Crippen MR) is 146 cm³/mol. The number of likely N-dealkylation sites (tertiary alicyclic amines) is 1. The lowest BCUT2D eigenvalue weighted by Gasteiger charge is -2.34. The minimum Gasteiger partial charge on any atom is -0.382 e. The van der Waals surface area contributed by atoms with Gasteiger partial charge in [0.25, 0.3) is 0 Å². The number of rotatable bonds is 7. The topological polar surface area (TPSA) is 102 Å². The molecule has 2 unspecified atom stereocenters. The van der Waals surface area contributed by atoms with Crippen LogP contribution in [-0.2, 0) is 0 Å². The molecule has 3 aromatic rings. The van der Waals surface area contributed by atoms with Gasteiger partial charge in [0.1, 0.15) is 30.0 Å². The van der Waals surface area contributed by atoms with Crippen molar-refractivity contribution in [3.8, 4) is 11.3 Å². The summed E-state index contributed by atoms with van der Waals surface area (Å²) in [7, 11) is 0. The molecule has 3 aromatic heterocycles. The van der Waals surface area contributed by atoms with Crippen molar-refractivity contribution in [3.05, 3.63) is 54.0 Å². The van der Waals surface area contributed by atoms with Crippen molar-refractivity contribution in [1.29, 1.82) is 0 Å². The summed E-state index contributed by atoms with van der Waals surface area (Å²) in [4.78, 5) is 22.8. The normalized spacial score (nSPS) is 21.9. The highest BCUT2D eigenvalue weighted by Crippen LogP contribution is 2.41. The van der Waals surface area contributed by atoms with E-state index in [1.165, 1.54) is 38.2 Å². The molecule has 0 amide bonds. The second-order valence-electron chi connectivity index (χ2n) is 10.6. The Kier molecular flexibility index (Phi) is 7.08. The van der Waals surface area contributed by atoms with E-state index in [0.29, 0.717) is 5.56 Å². The number of piperidine rings is 1. The van der Waals surface area contributed by atoms with Gasteiger partial charge in [0.15, 0.2) is 0 Å². The maximum absolute atomic E-state index is 13.9. The lowest BCUT2D eigenvalue weighted by atomic mass is 9.91. The second-order valence-corrected chi connectivity index (χ2v) is 10.6. The largest absolute Gasteiger partial charge is 0.382 e. The first-order valence-corrected chi connectivity index (χ1v) is 13.7. The summed E-state index contributed by atoms with van der Waals surface area (Å²) in [5.74, 6) is 1.46. The average Bonchev–Trinajstić information content (AvgIpc) is 3.56. The van der Waals surface area contributed by atoms with Gasteiger partial charge in [-0.05, 0) is 57.0 Å². The molecule has 6 rings (SSSR count). The number of nitrogens with one attached hydrogen (secondary N) is 2. The second kappa shape index (κ2) is 10.8. The van der Waals surface area contributed by atoms with E-state index in [9.17, 15) is 9.50 Å². The van der Waals surface area contributed by atoms with Crippen molar-refractivity contribution in [1.82, 2.24) is 24.8 Å². The monoisotopic (exact) mass is 518 g/mol. The summed E-state index contributed by atoms with van der Waals surface area (Å²) in [5.41, 5.74) is 4.50. The summed E-state index contributed by atoms with van der Waals surface area (Å²) in [5, 5.41) is 17.0. The van der Waals surface area contributed by atoms with Crippen LogP contribution in [0.1, 0.15) is 55.7 Å². The molecule has 200 valence electrons. The Morgan fingerprint density at radius 2 is 1.92 bits per heavy atom. The Balaban J connectivity index is 1.22. The third kappa shape index (κ3) is 5.02. The van der Waals surface area contributed by atoms with Crippen LogP contribution in [0.2, 0.25) is 0 Å². The molecule has 2 atom stereocenters. The number of pyridine rings is 2. The Morgan fingerprint density at radius 3 is 2.71 bits per heavy atom. The predicted octanol–water partition coefficient (Wildman–Crippen LogP) is 3.81. The first-order valence-electron chi connectivity index (χ1n) is 13.7. The average molecular weight is 519 g/mol. The summed E-state index contributed by atoms with van der Waals surface area (Å²) in [6.45, 7) is 7.90. The first kappa shape index (κ1) is 24.9. The van der Waals surface area contributed by atoms with Crippen LogP contribution in [0.25, 0.3) is 11.3 Å². The number of anilines is 3. The maximum atomic E-state index is 13.9. The van der Waals surface area contributed by atoms with Crippen LogP contribution in [0.3, 0.4) is 0 Å². The standard InChI is InChI=1S/C28H35FN8O/c1-18-24-26(35-28(18)38)32-17-33-27(24)37-11-6-19(7-12-37)25-23(31-8-13-36-9-2-3-10-36)5-4-22(34-25)20-14-21(29)16-30-15-20/h4-5,14-19,28,31,38H,2-3,6-13H2,1H3,(H,32,33,35). The zero-order chi connectivity index (χ0) is 26.1. The molecule has 0 aliphatic carbocycles. The number of hydrogen-bond donors (Lipinski definition) is 3. The summed E-state index contributed by atoms with van der Waals surface area (Å²) >= 11 is 0. The van der Waals surface area contributed by atoms with E-state index in [1.54, 1.807) is 12.5 Å². The molecule has 2 saturated heterocycles. The molecule has 6 heterocycles. The molecule has 9 nitrogen and oxygen atoms in total. The number of aliphatic hydroxyl groups excluding tert-OH is 1. The van der Waals surface area contributed by atoms with Crippen molar-refractivity contribution in [2.75, 3.05) is 54.8 Å². The van der Waals surface area contributed by atoms with Crippen molar-refractivity contribution in [2.24, 2.45) is 0 Å². The van der Waals surface area contributed by atoms with Crippen molar-refractivity contribution in [3.63, 3.8) is 0 Å². The maximum Gasteiger partial charge on any atom is 0.142 e. The fraction of sp³-hybridized carbons (Fsp3) is 0.500. The van der Waals surface area contributed by atoms with Gasteiger partial charge in [0, 0.05) is 55.3 Å². The van der Waals surface area contributed by atoms with Crippen LogP contribution in [0.5, 0.6) is 0 Å². The third-order valence-corrected chi connectivity index (χ3v) is 8.13. The molecule has 0 spiro atoms. The number of hydrogen-bond acceptors (Lipinski definition) is 9. The van der Waals surface area contributed by atoms with Gasteiger partial charge in [0.2, 0.25) is 0 Å². The quantitative estimate of drug-likeness (QED) is 0.431. The van der Waals surface area contributed by atoms with Crippen molar-refractivity contribution < 1.29 is 9.50 Å². The molecule has 2 fully saturated rings. The molecular weight excluding hydrogens is 483 g/mol. The molecule has 0 bridgehead atoms. The Labute approximate surface area is 222 Å². The molecule has 0 radical (unpaired) electrons. The number of aromatic nitrogens is 4. The van der Waals surface area contributed by atoms with Crippen LogP contribution in [0.4, 0.5) is 21.7 Å². The van der Waals surface area contributed by atoms with Gasteiger partial charge >= 0.3 is 0 Å². The Bertz CT molecular complexity index is 1280. The summed E-state index contributed by atoms with van der Waals surface area (Å²) in [6, 6.07) is 5.53. The lowest BCUT2D eigenvalue weighted by molar-refractivity contribution is 0.187. The van der Waals surface area contributed by atoms with E-state index in [4.69, 9.17) is 4.98 Å². The van der Waals surface area contributed by atoms with Crippen LogP contribution < -0.4 is 15.5 Å². The SMILES string of the molecule is CC1c2c(ncnc2N2CCC(c3nc(-c4cncc(F)c4)ccc3NCCN3CCCC3)CC2)NC1O. The first-order chi connectivity index (χ1) is 18.6. The fourth-order valence-electron chi connectivity index (χ4n) is 5.96. The van der Waals surface area contributed by atoms with Crippen LogP contribution >= 0.6 is 0 Å². The smallest absolute Gasteiger partial charge is 0.142 e. The van der Waals surface area contributed by atoms with Gasteiger partial charge < -0.3 is 25.5 Å². The molecule has 3 aliphatic rings.